The van der Waals surface area contributed by atoms with Crippen molar-refractivity contribution in [3.8, 4) is 6.07 Å². The minimum atomic E-state index is -1.51. The van der Waals surface area contributed by atoms with Crippen LogP contribution in [0.3, 0.4) is 0 Å². The molecule has 1 unspecified atom stereocenters. The zero-order valence-electron chi connectivity index (χ0n) is 9.61. The Morgan fingerprint density at radius 3 is 2.50 bits per heavy atom. The van der Waals surface area contributed by atoms with Crippen molar-refractivity contribution in [1.82, 2.24) is 0 Å². The van der Waals surface area contributed by atoms with Crippen LogP contribution in [0.1, 0.15) is 22.9 Å². The molecule has 0 saturated heterocycles. The van der Waals surface area contributed by atoms with Gasteiger partial charge >= 0.3 is 0 Å². The molecule has 0 heterocycles. The van der Waals surface area contributed by atoms with Gasteiger partial charge in [0.1, 0.15) is 5.82 Å². The molecule has 1 nitrogen and oxygen atoms in total. The van der Waals surface area contributed by atoms with Crippen molar-refractivity contribution in [2.45, 2.75) is 12.6 Å². The first-order valence-electron chi connectivity index (χ1n) is 5.56. The van der Waals surface area contributed by atoms with Crippen molar-refractivity contribution in [1.29, 1.82) is 5.26 Å². The highest BCUT2D eigenvalue weighted by atomic mass is 19.1. The predicted molar refractivity (Wildman–Crippen MR) is 65.1 cm³/mol. The predicted octanol–water partition coefficient (Wildman–Crippen LogP) is 3.95. The fourth-order valence-corrected chi connectivity index (χ4v) is 1.79. The second-order valence-electron chi connectivity index (χ2n) is 3.96. The molecule has 0 saturated carbocycles. The second-order valence-corrected chi connectivity index (χ2v) is 3.96. The molecule has 0 spiro atoms. The molecule has 0 aromatic heterocycles. The Hall–Kier alpha value is -2.21. The van der Waals surface area contributed by atoms with Crippen molar-refractivity contribution in [2.75, 3.05) is 0 Å². The average Bonchev–Trinajstić information content (AvgIpc) is 2.41. The Labute approximate surface area is 104 Å². The summed E-state index contributed by atoms with van der Waals surface area (Å²) in [5.41, 5.74) is 1.01. The number of hydrogen-bond donors (Lipinski definition) is 0. The third-order valence-corrected chi connectivity index (χ3v) is 2.71. The summed E-state index contributed by atoms with van der Waals surface area (Å²) in [6.45, 7) is 0. The summed E-state index contributed by atoms with van der Waals surface area (Å²) >= 11 is 0. The molecule has 0 aliphatic carbocycles. The molecule has 18 heavy (non-hydrogen) atoms. The molecule has 3 heteroatoms. The van der Waals surface area contributed by atoms with Gasteiger partial charge in [0, 0.05) is 5.56 Å². The zero-order valence-corrected chi connectivity index (χ0v) is 9.61. The highest BCUT2D eigenvalue weighted by molar-refractivity contribution is 5.34. The topological polar surface area (TPSA) is 23.8 Å². The molecule has 2 aromatic carbocycles. The maximum absolute atomic E-state index is 14.2. The molecule has 0 radical (unpaired) electrons. The fourth-order valence-electron chi connectivity index (χ4n) is 1.79. The van der Waals surface area contributed by atoms with E-state index in [1.54, 1.807) is 30.3 Å². The zero-order chi connectivity index (χ0) is 13.0. The van der Waals surface area contributed by atoms with E-state index in [9.17, 15) is 8.78 Å². The van der Waals surface area contributed by atoms with Gasteiger partial charge < -0.3 is 0 Å². The molecule has 0 fully saturated rings. The van der Waals surface area contributed by atoms with Gasteiger partial charge in [-0.15, -0.1) is 0 Å². The van der Waals surface area contributed by atoms with Crippen LogP contribution >= 0.6 is 0 Å². The van der Waals surface area contributed by atoms with E-state index >= 15 is 0 Å². The van der Waals surface area contributed by atoms with Crippen molar-refractivity contribution in [3.63, 3.8) is 0 Å². The third kappa shape index (κ3) is 2.54. The van der Waals surface area contributed by atoms with Crippen LogP contribution in [0.4, 0.5) is 8.78 Å². The lowest BCUT2D eigenvalue weighted by molar-refractivity contribution is 0.387. The third-order valence-electron chi connectivity index (χ3n) is 2.71. The molecule has 90 valence electrons. The van der Waals surface area contributed by atoms with Crippen LogP contribution in [0.25, 0.3) is 0 Å². The van der Waals surface area contributed by atoms with Crippen LogP contribution < -0.4 is 0 Å². The van der Waals surface area contributed by atoms with Crippen LogP contribution in [0.2, 0.25) is 0 Å². The SMILES string of the molecule is N#CCc1ccc(F)c(C(F)c2ccccc2)c1. The van der Waals surface area contributed by atoms with E-state index in [0.717, 1.165) is 0 Å². The Bertz CT molecular complexity index is 573. The molecule has 0 aliphatic rings. The number of rotatable bonds is 3. The van der Waals surface area contributed by atoms with E-state index < -0.39 is 12.0 Å². The lowest BCUT2D eigenvalue weighted by Crippen LogP contribution is -1.99. The number of benzene rings is 2. The molecule has 0 aliphatic heterocycles. The van der Waals surface area contributed by atoms with Crippen molar-refractivity contribution >= 4 is 0 Å². The van der Waals surface area contributed by atoms with Gasteiger partial charge in [-0.05, 0) is 23.3 Å². The fraction of sp³-hybridized carbons (Fsp3) is 0.133. The molecule has 0 bridgehead atoms. The van der Waals surface area contributed by atoms with E-state index in [4.69, 9.17) is 5.26 Å². The summed E-state index contributed by atoms with van der Waals surface area (Å²) in [7, 11) is 0. The molecule has 1 atom stereocenters. The van der Waals surface area contributed by atoms with Gasteiger partial charge in [0.15, 0.2) is 6.17 Å². The Morgan fingerprint density at radius 1 is 1.11 bits per heavy atom. The molecule has 2 aromatic rings. The molecular weight excluding hydrogens is 232 g/mol. The average molecular weight is 243 g/mol. The quantitative estimate of drug-likeness (QED) is 0.800. The van der Waals surface area contributed by atoms with Crippen LogP contribution in [-0.2, 0) is 6.42 Å². The largest absolute Gasteiger partial charge is 0.237 e. The van der Waals surface area contributed by atoms with Gasteiger partial charge in [-0.2, -0.15) is 5.26 Å². The van der Waals surface area contributed by atoms with E-state index in [1.807, 2.05) is 6.07 Å². The van der Waals surface area contributed by atoms with Crippen LogP contribution in [-0.4, -0.2) is 0 Å². The van der Waals surface area contributed by atoms with Gasteiger partial charge in [-0.25, -0.2) is 8.78 Å². The summed E-state index contributed by atoms with van der Waals surface area (Å²) in [5, 5.41) is 8.60. The minimum Gasteiger partial charge on any atom is -0.237 e. The summed E-state index contributed by atoms with van der Waals surface area (Å²) < 4.78 is 27.8. The lowest BCUT2D eigenvalue weighted by atomic mass is 9.99. The lowest BCUT2D eigenvalue weighted by Gasteiger charge is -2.11. The summed E-state index contributed by atoms with van der Waals surface area (Å²) in [6.07, 6.45) is -1.36. The highest BCUT2D eigenvalue weighted by Gasteiger charge is 2.17. The first kappa shape index (κ1) is 12.3. The van der Waals surface area contributed by atoms with E-state index in [2.05, 4.69) is 0 Å². The number of hydrogen-bond acceptors (Lipinski definition) is 1. The smallest absolute Gasteiger partial charge is 0.153 e. The van der Waals surface area contributed by atoms with Gasteiger partial charge in [0.25, 0.3) is 0 Å². The summed E-state index contributed by atoms with van der Waals surface area (Å²) in [6, 6.07) is 14.5. The number of alkyl halides is 1. The normalized spacial score (nSPS) is 11.8. The monoisotopic (exact) mass is 243 g/mol. The van der Waals surface area contributed by atoms with E-state index in [-0.39, 0.29) is 12.0 Å². The van der Waals surface area contributed by atoms with Crippen LogP contribution in [0.5, 0.6) is 0 Å². The first-order chi connectivity index (χ1) is 8.72. The van der Waals surface area contributed by atoms with E-state index in [1.165, 1.54) is 18.2 Å². The second kappa shape index (κ2) is 5.42. The van der Waals surface area contributed by atoms with Gasteiger partial charge in [-0.1, -0.05) is 36.4 Å². The van der Waals surface area contributed by atoms with Crippen molar-refractivity contribution in [3.05, 3.63) is 71.0 Å². The number of halogens is 2. The Kier molecular flexibility index (Phi) is 3.69. The van der Waals surface area contributed by atoms with E-state index in [0.29, 0.717) is 11.1 Å². The highest BCUT2D eigenvalue weighted by Crippen LogP contribution is 2.28. The minimum absolute atomic E-state index is 0.0195. The number of nitriles is 1. The standard InChI is InChI=1S/C15H11F2N/c16-14-7-6-11(8-9-18)10-13(14)15(17)12-4-2-1-3-5-12/h1-7,10,15H,8H2. The Morgan fingerprint density at radius 2 is 1.83 bits per heavy atom. The van der Waals surface area contributed by atoms with Crippen molar-refractivity contribution in [2.24, 2.45) is 0 Å². The number of nitrogens with zero attached hydrogens (tertiary/aromatic N) is 1. The van der Waals surface area contributed by atoms with Gasteiger partial charge in [-0.3, -0.25) is 0 Å². The van der Waals surface area contributed by atoms with Gasteiger partial charge in [0.05, 0.1) is 12.5 Å². The molecule has 0 N–H and O–H groups in total. The summed E-state index contributed by atoms with van der Waals surface area (Å²) in [5.74, 6) is -0.590. The van der Waals surface area contributed by atoms with Crippen LogP contribution in [0.15, 0.2) is 48.5 Å². The van der Waals surface area contributed by atoms with Gasteiger partial charge in [0.2, 0.25) is 0 Å². The van der Waals surface area contributed by atoms with Crippen molar-refractivity contribution < 1.29 is 8.78 Å². The molecule has 0 amide bonds. The van der Waals surface area contributed by atoms with Crippen LogP contribution in [0, 0.1) is 17.1 Å². The molecular formula is C15H11F2N. The maximum atomic E-state index is 14.2. The maximum Gasteiger partial charge on any atom is 0.153 e. The molecule has 2 rings (SSSR count). The Balaban J connectivity index is 2.38. The summed E-state index contributed by atoms with van der Waals surface area (Å²) in [4.78, 5) is 0. The first-order valence-corrected chi connectivity index (χ1v) is 5.56.